The Hall–Kier alpha value is -1.88. The molecule has 0 fully saturated rings. The third kappa shape index (κ3) is 3.12. The van der Waals surface area contributed by atoms with Crippen LogP contribution in [0.5, 0.6) is 0 Å². The van der Waals surface area contributed by atoms with E-state index in [-0.39, 0.29) is 0 Å². The summed E-state index contributed by atoms with van der Waals surface area (Å²) in [6, 6.07) is 6.19. The van der Waals surface area contributed by atoms with Crippen molar-refractivity contribution in [1.29, 1.82) is 0 Å². The number of aryl methyl sites for hydroxylation is 3. The number of rotatable bonds is 4. The predicted molar refractivity (Wildman–Crippen MR) is 77.1 cm³/mol. The van der Waals surface area contributed by atoms with Crippen molar-refractivity contribution in [2.45, 2.75) is 27.3 Å². The summed E-state index contributed by atoms with van der Waals surface area (Å²) >= 11 is 1.22. The molecule has 2 N–H and O–H groups in total. The Bertz CT molecular complexity index is 620. The molecule has 100 valence electrons. The topological polar surface area (TPSA) is 62.2 Å². The fraction of sp³-hybridized carbons (Fsp3) is 0.286. The first-order valence-corrected chi connectivity index (χ1v) is 6.79. The molecule has 1 heterocycles. The summed E-state index contributed by atoms with van der Waals surface area (Å²) in [6.45, 7) is 6.37. The molecule has 0 radical (unpaired) electrons. The van der Waals surface area contributed by atoms with Crippen molar-refractivity contribution in [3.05, 3.63) is 44.9 Å². The highest BCUT2D eigenvalue weighted by atomic mass is 32.1. The van der Waals surface area contributed by atoms with Crippen LogP contribution < -0.4 is 5.32 Å². The lowest BCUT2D eigenvalue weighted by atomic mass is 10.1. The van der Waals surface area contributed by atoms with Gasteiger partial charge < -0.3 is 10.4 Å². The van der Waals surface area contributed by atoms with Crippen LogP contribution in [-0.2, 0) is 6.54 Å². The zero-order chi connectivity index (χ0) is 14.0. The molecule has 0 spiro atoms. The van der Waals surface area contributed by atoms with Crippen molar-refractivity contribution >= 4 is 23.0 Å². The van der Waals surface area contributed by atoms with Crippen LogP contribution >= 0.6 is 11.3 Å². The molecule has 0 atom stereocenters. The molecule has 0 amide bonds. The van der Waals surface area contributed by atoms with Gasteiger partial charge in [0.2, 0.25) is 0 Å². The summed E-state index contributed by atoms with van der Waals surface area (Å²) in [5.41, 5.74) is 4.03. The first-order valence-electron chi connectivity index (χ1n) is 5.98. The molecule has 0 aliphatic rings. The standard InChI is InChI=1S/C14H16N2O2S/c1-8-4-5-11(9(2)6-8)15-7-12-16-10(3)13(19-12)14(17)18/h4-6,15H,7H2,1-3H3,(H,17,18). The van der Waals surface area contributed by atoms with E-state index in [1.807, 2.05) is 19.1 Å². The van der Waals surface area contributed by atoms with Crippen molar-refractivity contribution in [1.82, 2.24) is 4.98 Å². The number of thiazole rings is 1. The molecule has 5 heteroatoms. The monoisotopic (exact) mass is 276 g/mol. The van der Waals surface area contributed by atoms with E-state index in [1.54, 1.807) is 6.92 Å². The van der Waals surface area contributed by atoms with Crippen LogP contribution in [0.2, 0.25) is 0 Å². The molecule has 2 aromatic rings. The maximum absolute atomic E-state index is 11.0. The Labute approximate surface area is 116 Å². The molecule has 1 aromatic heterocycles. The van der Waals surface area contributed by atoms with Crippen LogP contribution in [0.1, 0.15) is 31.5 Å². The van der Waals surface area contributed by atoms with Gasteiger partial charge in [-0.25, -0.2) is 9.78 Å². The number of hydrogen-bond acceptors (Lipinski definition) is 4. The number of carboxylic acids is 1. The molecule has 0 bridgehead atoms. The smallest absolute Gasteiger partial charge is 0.347 e. The van der Waals surface area contributed by atoms with Gasteiger partial charge in [0.15, 0.2) is 0 Å². The van der Waals surface area contributed by atoms with Crippen LogP contribution in [0.4, 0.5) is 5.69 Å². The summed E-state index contributed by atoms with van der Waals surface area (Å²) in [4.78, 5) is 15.5. The van der Waals surface area contributed by atoms with E-state index < -0.39 is 5.97 Å². The number of benzene rings is 1. The Balaban J connectivity index is 2.10. The Morgan fingerprint density at radius 1 is 1.37 bits per heavy atom. The quantitative estimate of drug-likeness (QED) is 0.898. The number of anilines is 1. The third-order valence-corrected chi connectivity index (χ3v) is 3.99. The molecule has 0 unspecified atom stereocenters. The Kier molecular flexibility index (Phi) is 3.85. The van der Waals surface area contributed by atoms with Gasteiger partial charge in [-0.1, -0.05) is 17.7 Å². The van der Waals surface area contributed by atoms with E-state index in [1.165, 1.54) is 22.5 Å². The molecule has 0 saturated heterocycles. The van der Waals surface area contributed by atoms with Crippen molar-refractivity contribution < 1.29 is 9.90 Å². The van der Waals surface area contributed by atoms with Gasteiger partial charge in [0.05, 0.1) is 12.2 Å². The summed E-state index contributed by atoms with van der Waals surface area (Å²) < 4.78 is 0. The van der Waals surface area contributed by atoms with E-state index in [9.17, 15) is 4.79 Å². The minimum atomic E-state index is -0.909. The lowest BCUT2D eigenvalue weighted by Gasteiger charge is -2.08. The predicted octanol–water partition coefficient (Wildman–Crippen LogP) is 3.38. The van der Waals surface area contributed by atoms with Crippen LogP contribution in [0, 0.1) is 20.8 Å². The van der Waals surface area contributed by atoms with Gasteiger partial charge in [0.25, 0.3) is 0 Å². The number of hydrogen-bond donors (Lipinski definition) is 2. The van der Waals surface area contributed by atoms with E-state index >= 15 is 0 Å². The zero-order valence-electron chi connectivity index (χ0n) is 11.2. The minimum Gasteiger partial charge on any atom is -0.477 e. The molecule has 0 aliphatic heterocycles. The SMILES string of the molecule is Cc1ccc(NCc2nc(C)c(C(=O)O)s2)c(C)c1. The summed E-state index contributed by atoms with van der Waals surface area (Å²) in [5, 5.41) is 13.1. The second-order valence-electron chi connectivity index (χ2n) is 4.50. The van der Waals surface area contributed by atoms with Crippen molar-refractivity contribution in [2.24, 2.45) is 0 Å². The molecule has 0 aliphatic carbocycles. The van der Waals surface area contributed by atoms with Gasteiger partial charge in [-0.05, 0) is 32.4 Å². The number of aromatic carboxylic acids is 1. The highest BCUT2D eigenvalue weighted by Gasteiger charge is 2.13. The number of aromatic nitrogens is 1. The van der Waals surface area contributed by atoms with Crippen molar-refractivity contribution in [2.75, 3.05) is 5.32 Å². The molecule has 2 rings (SSSR count). The van der Waals surface area contributed by atoms with Crippen LogP contribution in [-0.4, -0.2) is 16.1 Å². The zero-order valence-corrected chi connectivity index (χ0v) is 12.0. The molecule has 19 heavy (non-hydrogen) atoms. The molecule has 1 aromatic carbocycles. The van der Waals surface area contributed by atoms with E-state index in [4.69, 9.17) is 5.11 Å². The second-order valence-corrected chi connectivity index (χ2v) is 5.58. The molecular formula is C14H16N2O2S. The third-order valence-electron chi connectivity index (χ3n) is 2.85. The maximum atomic E-state index is 11.0. The summed E-state index contributed by atoms with van der Waals surface area (Å²) in [5.74, 6) is -0.909. The number of nitrogens with one attached hydrogen (secondary N) is 1. The van der Waals surface area contributed by atoms with Crippen LogP contribution in [0.3, 0.4) is 0 Å². The van der Waals surface area contributed by atoms with E-state index in [2.05, 4.69) is 23.3 Å². The van der Waals surface area contributed by atoms with Crippen molar-refractivity contribution in [3.8, 4) is 0 Å². The Morgan fingerprint density at radius 3 is 2.68 bits per heavy atom. The van der Waals surface area contributed by atoms with Gasteiger partial charge in [-0.2, -0.15) is 0 Å². The maximum Gasteiger partial charge on any atom is 0.347 e. The molecule has 4 nitrogen and oxygen atoms in total. The molecular weight excluding hydrogens is 260 g/mol. The molecule has 0 saturated carbocycles. The van der Waals surface area contributed by atoms with Crippen molar-refractivity contribution in [3.63, 3.8) is 0 Å². The second kappa shape index (κ2) is 5.40. The summed E-state index contributed by atoms with van der Waals surface area (Å²) in [7, 11) is 0. The van der Waals surface area contributed by atoms with Gasteiger partial charge >= 0.3 is 5.97 Å². The van der Waals surface area contributed by atoms with E-state index in [0.29, 0.717) is 17.1 Å². The van der Waals surface area contributed by atoms with E-state index in [0.717, 1.165) is 10.7 Å². The fourth-order valence-corrected chi connectivity index (χ4v) is 2.75. The average molecular weight is 276 g/mol. The lowest BCUT2D eigenvalue weighted by molar-refractivity contribution is 0.0701. The number of nitrogens with zero attached hydrogens (tertiary/aromatic N) is 1. The van der Waals surface area contributed by atoms with Crippen LogP contribution in [0.25, 0.3) is 0 Å². The first-order chi connectivity index (χ1) is 8.97. The highest BCUT2D eigenvalue weighted by Crippen LogP contribution is 2.21. The average Bonchev–Trinajstić information content (AvgIpc) is 2.69. The lowest BCUT2D eigenvalue weighted by Crippen LogP contribution is -2.00. The summed E-state index contributed by atoms with van der Waals surface area (Å²) in [6.07, 6.45) is 0. The first kappa shape index (κ1) is 13.5. The van der Waals surface area contributed by atoms with Gasteiger partial charge in [-0.3, -0.25) is 0 Å². The largest absolute Gasteiger partial charge is 0.477 e. The van der Waals surface area contributed by atoms with Crippen LogP contribution in [0.15, 0.2) is 18.2 Å². The van der Waals surface area contributed by atoms with Gasteiger partial charge in [0.1, 0.15) is 9.88 Å². The Morgan fingerprint density at radius 2 is 2.11 bits per heavy atom. The number of carbonyl (C=O) groups is 1. The fourth-order valence-electron chi connectivity index (χ4n) is 1.91. The van der Waals surface area contributed by atoms with Gasteiger partial charge in [-0.15, -0.1) is 11.3 Å². The van der Waals surface area contributed by atoms with Gasteiger partial charge in [0, 0.05) is 5.69 Å². The minimum absolute atomic E-state index is 0.317. The number of carboxylic acid groups (broad SMARTS) is 1. The highest BCUT2D eigenvalue weighted by molar-refractivity contribution is 7.13. The normalized spacial score (nSPS) is 10.5.